The average molecular weight is 267 g/mol. The van der Waals surface area contributed by atoms with E-state index in [1.54, 1.807) is 0 Å². The van der Waals surface area contributed by atoms with Gasteiger partial charge in [0.1, 0.15) is 0 Å². The third-order valence-corrected chi connectivity index (χ3v) is 4.25. The molecule has 3 rings (SSSR count). The van der Waals surface area contributed by atoms with Gasteiger partial charge in [0.15, 0.2) is 0 Å². The van der Waals surface area contributed by atoms with Crippen molar-refractivity contribution < 1.29 is 4.74 Å². The Bertz CT molecular complexity index is 540. The molecule has 0 unspecified atom stereocenters. The highest BCUT2D eigenvalue weighted by Crippen LogP contribution is 2.41. The Hall–Kier alpha value is -1.64. The minimum atomic E-state index is 0.0742. The van der Waals surface area contributed by atoms with Crippen molar-refractivity contribution in [3.8, 4) is 0 Å². The van der Waals surface area contributed by atoms with Gasteiger partial charge in [-0.2, -0.15) is 0 Å². The number of ether oxygens (including phenoxy) is 1. The summed E-state index contributed by atoms with van der Waals surface area (Å²) in [5.74, 6) is 0.331. The van der Waals surface area contributed by atoms with E-state index in [1.807, 2.05) is 12.1 Å². The van der Waals surface area contributed by atoms with Crippen molar-refractivity contribution in [1.82, 2.24) is 0 Å². The van der Waals surface area contributed by atoms with Crippen LogP contribution in [0.5, 0.6) is 0 Å². The molecule has 2 N–H and O–H groups in total. The Morgan fingerprint density at radius 2 is 1.45 bits per heavy atom. The Balaban J connectivity index is 1.87. The van der Waals surface area contributed by atoms with E-state index in [1.165, 1.54) is 11.1 Å². The zero-order valence-electron chi connectivity index (χ0n) is 11.8. The van der Waals surface area contributed by atoms with Gasteiger partial charge in [-0.15, -0.1) is 0 Å². The van der Waals surface area contributed by atoms with Gasteiger partial charge in [0.25, 0.3) is 0 Å². The van der Waals surface area contributed by atoms with Gasteiger partial charge < -0.3 is 10.5 Å². The van der Waals surface area contributed by atoms with Crippen molar-refractivity contribution in [3.05, 3.63) is 71.8 Å². The molecule has 1 saturated heterocycles. The van der Waals surface area contributed by atoms with E-state index in [0.717, 1.165) is 6.42 Å². The van der Waals surface area contributed by atoms with E-state index in [2.05, 4.69) is 55.5 Å². The molecule has 0 radical (unpaired) electrons. The summed E-state index contributed by atoms with van der Waals surface area (Å²) < 4.78 is 6.36. The van der Waals surface area contributed by atoms with E-state index in [0.29, 0.717) is 5.92 Å². The first-order chi connectivity index (χ1) is 9.75. The molecule has 0 amide bonds. The molecule has 1 aliphatic heterocycles. The number of benzene rings is 2. The lowest BCUT2D eigenvalue weighted by Gasteiger charge is -2.39. The normalized spacial score (nSPS) is 30.1. The monoisotopic (exact) mass is 267 g/mol. The fourth-order valence-electron chi connectivity index (χ4n) is 2.95. The molecule has 20 heavy (non-hydrogen) atoms. The summed E-state index contributed by atoms with van der Waals surface area (Å²) in [5.41, 5.74) is 8.79. The van der Waals surface area contributed by atoms with Crippen LogP contribution in [0.3, 0.4) is 0 Å². The SMILES string of the molecule is C[C@@H]1[C@@H](N)C[C@@H](c2ccccc2)O[C@H]1c1ccccc1. The van der Waals surface area contributed by atoms with E-state index in [9.17, 15) is 0 Å². The van der Waals surface area contributed by atoms with Gasteiger partial charge in [0, 0.05) is 12.0 Å². The van der Waals surface area contributed by atoms with Gasteiger partial charge in [-0.3, -0.25) is 0 Å². The maximum Gasteiger partial charge on any atom is 0.0873 e. The summed E-state index contributed by atoms with van der Waals surface area (Å²) in [7, 11) is 0. The highest BCUT2D eigenvalue weighted by atomic mass is 16.5. The quantitative estimate of drug-likeness (QED) is 0.897. The fraction of sp³-hybridized carbons (Fsp3) is 0.333. The van der Waals surface area contributed by atoms with Crippen LogP contribution in [0.25, 0.3) is 0 Å². The molecule has 1 aliphatic rings. The van der Waals surface area contributed by atoms with Gasteiger partial charge in [0.05, 0.1) is 12.2 Å². The molecule has 2 aromatic rings. The molecular weight excluding hydrogens is 246 g/mol. The third kappa shape index (κ3) is 2.62. The van der Waals surface area contributed by atoms with Gasteiger partial charge in [-0.05, 0) is 17.5 Å². The molecular formula is C18H21NO. The number of hydrogen-bond acceptors (Lipinski definition) is 2. The summed E-state index contributed by atoms with van der Waals surface area (Å²) >= 11 is 0. The number of hydrogen-bond donors (Lipinski definition) is 1. The molecule has 0 bridgehead atoms. The van der Waals surface area contributed by atoms with E-state index in [-0.39, 0.29) is 18.2 Å². The van der Waals surface area contributed by atoms with Crippen molar-refractivity contribution >= 4 is 0 Å². The van der Waals surface area contributed by atoms with Gasteiger partial charge in [-0.1, -0.05) is 67.6 Å². The minimum absolute atomic E-state index is 0.0742. The maximum absolute atomic E-state index is 6.36. The maximum atomic E-state index is 6.36. The van der Waals surface area contributed by atoms with Crippen LogP contribution < -0.4 is 5.73 Å². The summed E-state index contributed by atoms with van der Waals surface area (Å²) in [6.45, 7) is 2.18. The second-order valence-corrected chi connectivity index (χ2v) is 5.63. The zero-order chi connectivity index (χ0) is 13.9. The standard InChI is InChI=1S/C18H21NO/c1-13-16(19)12-17(14-8-4-2-5-9-14)20-18(13)15-10-6-3-7-11-15/h2-11,13,16-18H,12,19H2,1H3/t13-,16+,17+,18-/m1/s1. The Kier molecular flexibility index (Phi) is 3.86. The van der Waals surface area contributed by atoms with Gasteiger partial charge in [-0.25, -0.2) is 0 Å². The predicted molar refractivity (Wildman–Crippen MR) is 81.2 cm³/mol. The van der Waals surface area contributed by atoms with Crippen LogP contribution in [0.2, 0.25) is 0 Å². The van der Waals surface area contributed by atoms with Crippen molar-refractivity contribution in [2.24, 2.45) is 11.7 Å². The zero-order valence-corrected chi connectivity index (χ0v) is 11.8. The van der Waals surface area contributed by atoms with Crippen molar-refractivity contribution in [2.75, 3.05) is 0 Å². The first-order valence-corrected chi connectivity index (χ1v) is 7.26. The second kappa shape index (κ2) is 5.78. The smallest absolute Gasteiger partial charge is 0.0873 e. The highest BCUT2D eigenvalue weighted by Gasteiger charge is 2.35. The molecule has 0 aliphatic carbocycles. The summed E-state index contributed by atoms with van der Waals surface area (Å²) in [6, 6.07) is 21.0. The van der Waals surface area contributed by atoms with E-state index < -0.39 is 0 Å². The van der Waals surface area contributed by atoms with E-state index >= 15 is 0 Å². The molecule has 2 nitrogen and oxygen atoms in total. The van der Waals surface area contributed by atoms with Crippen LogP contribution in [0, 0.1) is 5.92 Å². The van der Waals surface area contributed by atoms with Gasteiger partial charge >= 0.3 is 0 Å². The lowest BCUT2D eigenvalue weighted by molar-refractivity contribution is -0.0917. The average Bonchev–Trinajstić information content (AvgIpc) is 2.51. The van der Waals surface area contributed by atoms with Crippen molar-refractivity contribution in [3.63, 3.8) is 0 Å². The Morgan fingerprint density at radius 3 is 2.05 bits per heavy atom. The van der Waals surface area contributed by atoms with Crippen LogP contribution in [0.1, 0.15) is 36.7 Å². The summed E-state index contributed by atoms with van der Waals surface area (Å²) in [6.07, 6.45) is 1.05. The molecule has 1 fully saturated rings. The molecule has 0 spiro atoms. The molecule has 2 heteroatoms. The van der Waals surface area contributed by atoms with Crippen LogP contribution in [-0.2, 0) is 4.74 Å². The second-order valence-electron chi connectivity index (χ2n) is 5.63. The number of rotatable bonds is 2. The minimum Gasteiger partial charge on any atom is -0.365 e. The van der Waals surface area contributed by atoms with Crippen LogP contribution in [0.15, 0.2) is 60.7 Å². The van der Waals surface area contributed by atoms with Gasteiger partial charge in [0.2, 0.25) is 0 Å². The summed E-state index contributed by atoms with van der Waals surface area (Å²) in [4.78, 5) is 0. The van der Waals surface area contributed by atoms with Crippen molar-refractivity contribution in [2.45, 2.75) is 31.6 Å². The third-order valence-electron chi connectivity index (χ3n) is 4.25. The van der Waals surface area contributed by atoms with Crippen LogP contribution >= 0.6 is 0 Å². The van der Waals surface area contributed by atoms with Crippen LogP contribution in [-0.4, -0.2) is 6.04 Å². The Labute approximate surface area is 120 Å². The van der Waals surface area contributed by atoms with Crippen LogP contribution in [0.4, 0.5) is 0 Å². The lowest BCUT2D eigenvalue weighted by atomic mass is 9.84. The van der Waals surface area contributed by atoms with E-state index in [4.69, 9.17) is 10.5 Å². The first-order valence-electron chi connectivity index (χ1n) is 7.26. The molecule has 0 saturated carbocycles. The number of nitrogens with two attached hydrogens (primary N) is 1. The first kappa shape index (κ1) is 13.3. The molecule has 2 aromatic carbocycles. The van der Waals surface area contributed by atoms with Crippen molar-refractivity contribution in [1.29, 1.82) is 0 Å². The fourth-order valence-corrected chi connectivity index (χ4v) is 2.95. The Morgan fingerprint density at radius 1 is 0.900 bits per heavy atom. The molecule has 1 heterocycles. The summed E-state index contributed by atoms with van der Waals surface area (Å²) in [5, 5.41) is 0. The predicted octanol–water partition coefficient (Wildman–Crippen LogP) is 3.85. The molecule has 0 aromatic heterocycles. The largest absolute Gasteiger partial charge is 0.365 e. The topological polar surface area (TPSA) is 35.2 Å². The molecule has 4 atom stereocenters. The molecule has 104 valence electrons. The lowest BCUT2D eigenvalue weighted by Crippen LogP contribution is -2.40. The highest BCUT2D eigenvalue weighted by molar-refractivity contribution is 5.22.